The van der Waals surface area contributed by atoms with Crippen molar-refractivity contribution in [2.45, 2.75) is 31.7 Å². The van der Waals surface area contributed by atoms with E-state index in [9.17, 15) is 8.78 Å². The number of halogens is 2. The molecule has 0 aromatic heterocycles. The van der Waals surface area contributed by atoms with Crippen LogP contribution >= 0.6 is 0 Å². The van der Waals surface area contributed by atoms with E-state index in [1.165, 1.54) is 31.7 Å². The Labute approximate surface area is 106 Å². The molecule has 0 aliphatic heterocycles. The van der Waals surface area contributed by atoms with Gasteiger partial charge in [-0.05, 0) is 36.5 Å². The molecule has 1 aliphatic rings. The lowest BCUT2D eigenvalue weighted by molar-refractivity contribution is 0.0904. The molecule has 4 heteroatoms. The van der Waals surface area contributed by atoms with Gasteiger partial charge in [-0.1, -0.05) is 18.9 Å². The van der Waals surface area contributed by atoms with Crippen molar-refractivity contribution in [3.8, 4) is 0 Å². The molecule has 1 aromatic carbocycles. The SMILES string of the molecule is NC(COCC1CCCC1)c1ccc(F)c(F)c1. The van der Waals surface area contributed by atoms with E-state index in [0.29, 0.717) is 18.1 Å². The van der Waals surface area contributed by atoms with Gasteiger partial charge in [-0.15, -0.1) is 0 Å². The zero-order chi connectivity index (χ0) is 13.0. The van der Waals surface area contributed by atoms with Crippen LogP contribution in [0.4, 0.5) is 8.78 Å². The molecular weight excluding hydrogens is 236 g/mol. The first-order chi connectivity index (χ1) is 8.66. The molecule has 2 nitrogen and oxygen atoms in total. The third kappa shape index (κ3) is 3.50. The Morgan fingerprint density at radius 2 is 1.94 bits per heavy atom. The Balaban J connectivity index is 1.79. The molecule has 2 rings (SSSR count). The maximum atomic E-state index is 13.0. The van der Waals surface area contributed by atoms with Crippen LogP contribution in [0.25, 0.3) is 0 Å². The Morgan fingerprint density at radius 1 is 1.22 bits per heavy atom. The van der Waals surface area contributed by atoms with Gasteiger partial charge in [0.25, 0.3) is 0 Å². The van der Waals surface area contributed by atoms with E-state index in [-0.39, 0.29) is 0 Å². The molecule has 0 saturated heterocycles. The molecule has 0 bridgehead atoms. The van der Waals surface area contributed by atoms with E-state index in [1.807, 2.05) is 0 Å². The molecule has 0 amide bonds. The highest BCUT2D eigenvalue weighted by molar-refractivity contribution is 5.20. The summed E-state index contributed by atoms with van der Waals surface area (Å²) in [5, 5.41) is 0. The minimum Gasteiger partial charge on any atom is -0.379 e. The highest BCUT2D eigenvalue weighted by Crippen LogP contribution is 2.25. The van der Waals surface area contributed by atoms with Gasteiger partial charge in [0.2, 0.25) is 0 Å². The summed E-state index contributed by atoms with van der Waals surface area (Å²) in [5.41, 5.74) is 6.45. The Morgan fingerprint density at radius 3 is 2.61 bits per heavy atom. The number of ether oxygens (including phenoxy) is 1. The van der Waals surface area contributed by atoms with Gasteiger partial charge in [0.15, 0.2) is 11.6 Å². The summed E-state index contributed by atoms with van der Waals surface area (Å²) in [5.74, 6) is -1.07. The minimum absolute atomic E-state index is 0.349. The molecule has 0 radical (unpaired) electrons. The van der Waals surface area contributed by atoms with Crippen molar-refractivity contribution >= 4 is 0 Å². The van der Waals surface area contributed by atoms with Crippen LogP contribution in [0.2, 0.25) is 0 Å². The van der Waals surface area contributed by atoms with Gasteiger partial charge in [0.1, 0.15) is 0 Å². The van der Waals surface area contributed by atoms with Crippen LogP contribution < -0.4 is 5.73 Å². The molecule has 18 heavy (non-hydrogen) atoms. The van der Waals surface area contributed by atoms with Crippen LogP contribution in [0.3, 0.4) is 0 Å². The van der Waals surface area contributed by atoms with Crippen LogP contribution in [-0.4, -0.2) is 13.2 Å². The van der Waals surface area contributed by atoms with Crippen molar-refractivity contribution in [1.29, 1.82) is 0 Å². The zero-order valence-electron chi connectivity index (χ0n) is 10.4. The average molecular weight is 255 g/mol. The highest BCUT2D eigenvalue weighted by atomic mass is 19.2. The number of rotatable bonds is 5. The lowest BCUT2D eigenvalue weighted by Gasteiger charge is -2.15. The first-order valence-electron chi connectivity index (χ1n) is 6.45. The predicted octanol–water partition coefficient (Wildman–Crippen LogP) is 3.17. The summed E-state index contributed by atoms with van der Waals surface area (Å²) < 4.78 is 31.4. The fourth-order valence-electron chi connectivity index (χ4n) is 2.38. The van der Waals surface area contributed by atoms with E-state index in [0.717, 1.165) is 18.7 Å². The summed E-state index contributed by atoms with van der Waals surface area (Å²) >= 11 is 0. The number of hydrogen-bond acceptors (Lipinski definition) is 2. The van der Waals surface area contributed by atoms with Crippen molar-refractivity contribution in [2.75, 3.05) is 13.2 Å². The monoisotopic (exact) mass is 255 g/mol. The Kier molecular flexibility index (Phi) is 4.66. The van der Waals surface area contributed by atoms with Crippen molar-refractivity contribution in [3.63, 3.8) is 0 Å². The predicted molar refractivity (Wildman–Crippen MR) is 66.1 cm³/mol. The molecule has 0 spiro atoms. The zero-order valence-corrected chi connectivity index (χ0v) is 10.4. The normalized spacial score (nSPS) is 18.2. The van der Waals surface area contributed by atoms with Gasteiger partial charge in [0.05, 0.1) is 12.6 Å². The number of hydrogen-bond donors (Lipinski definition) is 1. The van der Waals surface area contributed by atoms with Crippen LogP contribution in [0.15, 0.2) is 18.2 Å². The van der Waals surface area contributed by atoms with E-state index in [4.69, 9.17) is 10.5 Å². The van der Waals surface area contributed by atoms with Crippen LogP contribution in [-0.2, 0) is 4.74 Å². The summed E-state index contributed by atoms with van der Waals surface area (Å²) in [6, 6.07) is 3.34. The van der Waals surface area contributed by atoms with E-state index in [2.05, 4.69) is 0 Å². The highest BCUT2D eigenvalue weighted by Gasteiger charge is 2.16. The van der Waals surface area contributed by atoms with Gasteiger partial charge in [-0.2, -0.15) is 0 Å². The summed E-state index contributed by atoms with van der Waals surface area (Å²) in [4.78, 5) is 0. The molecule has 0 heterocycles. The molecule has 1 atom stereocenters. The smallest absolute Gasteiger partial charge is 0.159 e. The van der Waals surface area contributed by atoms with Crippen LogP contribution in [0.5, 0.6) is 0 Å². The molecular formula is C14H19F2NO. The molecule has 2 N–H and O–H groups in total. The standard InChI is InChI=1S/C14H19F2NO/c15-12-6-5-11(7-13(12)16)14(17)9-18-8-10-3-1-2-4-10/h5-7,10,14H,1-4,8-9,17H2. The Bertz CT molecular complexity index is 391. The van der Waals surface area contributed by atoms with Gasteiger partial charge < -0.3 is 10.5 Å². The molecule has 1 aromatic rings. The van der Waals surface area contributed by atoms with Crippen molar-refractivity contribution in [3.05, 3.63) is 35.4 Å². The van der Waals surface area contributed by atoms with E-state index in [1.54, 1.807) is 0 Å². The van der Waals surface area contributed by atoms with E-state index < -0.39 is 17.7 Å². The van der Waals surface area contributed by atoms with E-state index >= 15 is 0 Å². The maximum Gasteiger partial charge on any atom is 0.159 e. The summed E-state index contributed by atoms with van der Waals surface area (Å²) in [6.07, 6.45) is 5.01. The van der Waals surface area contributed by atoms with Crippen molar-refractivity contribution in [1.82, 2.24) is 0 Å². The summed E-state index contributed by atoms with van der Waals surface area (Å²) in [6.45, 7) is 1.07. The average Bonchev–Trinajstić information content (AvgIpc) is 2.85. The van der Waals surface area contributed by atoms with Gasteiger partial charge in [-0.3, -0.25) is 0 Å². The maximum absolute atomic E-state index is 13.0. The second-order valence-electron chi connectivity index (χ2n) is 4.97. The first-order valence-corrected chi connectivity index (χ1v) is 6.45. The quantitative estimate of drug-likeness (QED) is 0.877. The van der Waals surface area contributed by atoms with Gasteiger partial charge >= 0.3 is 0 Å². The largest absolute Gasteiger partial charge is 0.379 e. The number of benzene rings is 1. The molecule has 100 valence electrons. The van der Waals surface area contributed by atoms with Crippen molar-refractivity contribution < 1.29 is 13.5 Å². The fourth-order valence-corrected chi connectivity index (χ4v) is 2.38. The topological polar surface area (TPSA) is 35.2 Å². The molecule has 1 saturated carbocycles. The van der Waals surface area contributed by atoms with Crippen LogP contribution in [0, 0.1) is 17.6 Å². The van der Waals surface area contributed by atoms with Gasteiger partial charge in [-0.25, -0.2) is 8.78 Å². The third-order valence-corrected chi connectivity index (χ3v) is 3.50. The lowest BCUT2D eigenvalue weighted by Crippen LogP contribution is -2.19. The van der Waals surface area contributed by atoms with Crippen molar-refractivity contribution in [2.24, 2.45) is 11.7 Å². The fraction of sp³-hybridized carbons (Fsp3) is 0.571. The second-order valence-corrected chi connectivity index (χ2v) is 4.97. The first kappa shape index (κ1) is 13.4. The Hall–Kier alpha value is -1.00. The van der Waals surface area contributed by atoms with Crippen LogP contribution in [0.1, 0.15) is 37.3 Å². The molecule has 1 fully saturated rings. The second kappa shape index (κ2) is 6.25. The number of nitrogens with two attached hydrogens (primary N) is 1. The minimum atomic E-state index is -0.862. The summed E-state index contributed by atoms with van der Waals surface area (Å²) in [7, 11) is 0. The lowest BCUT2D eigenvalue weighted by atomic mass is 10.1. The molecule has 1 aliphatic carbocycles. The third-order valence-electron chi connectivity index (χ3n) is 3.50. The van der Waals surface area contributed by atoms with Gasteiger partial charge in [0, 0.05) is 6.61 Å². The molecule has 1 unspecified atom stereocenters.